The zero-order valence-corrected chi connectivity index (χ0v) is 11.5. The molecule has 0 saturated carbocycles. The molecule has 1 atom stereocenters. The minimum atomic E-state index is 0.247. The topological polar surface area (TPSA) is 43.2 Å². The first-order valence-corrected chi connectivity index (χ1v) is 6.89. The number of hydrogen-bond donors (Lipinski definition) is 0. The molecule has 2 heterocycles. The summed E-state index contributed by atoms with van der Waals surface area (Å²) in [5.74, 6) is 0.475. The zero-order valence-electron chi connectivity index (χ0n) is 11.5. The summed E-state index contributed by atoms with van der Waals surface area (Å²) in [6.07, 6.45) is 0.247. The van der Waals surface area contributed by atoms with Gasteiger partial charge in [0.25, 0.3) is 0 Å². The Morgan fingerprint density at radius 3 is 2.63 bits per heavy atom. The molecule has 1 saturated heterocycles. The average molecular weight is 260 g/mol. The van der Waals surface area contributed by atoms with Crippen molar-refractivity contribution in [2.75, 3.05) is 26.3 Å². The van der Waals surface area contributed by atoms with Crippen molar-refractivity contribution in [2.24, 2.45) is 5.92 Å². The molecule has 1 aliphatic heterocycles. The standard InChI is InChI=1S/C14H20N4O/c1-11(2)14(17-7-9-19-10-8-17)18-13-6-4-3-5-12(13)15-16-18/h3-6,11,14H,7-10H2,1-2H3. The third-order valence-electron chi connectivity index (χ3n) is 3.64. The third-order valence-corrected chi connectivity index (χ3v) is 3.64. The lowest BCUT2D eigenvalue weighted by Crippen LogP contribution is -2.43. The Kier molecular flexibility index (Phi) is 3.48. The van der Waals surface area contributed by atoms with Crippen LogP contribution in [0.1, 0.15) is 20.0 Å². The molecule has 0 spiro atoms. The number of aromatic nitrogens is 3. The highest BCUT2D eigenvalue weighted by Gasteiger charge is 2.27. The second-order valence-corrected chi connectivity index (χ2v) is 5.33. The smallest absolute Gasteiger partial charge is 0.113 e. The van der Waals surface area contributed by atoms with E-state index in [-0.39, 0.29) is 6.17 Å². The van der Waals surface area contributed by atoms with E-state index in [1.54, 1.807) is 0 Å². The van der Waals surface area contributed by atoms with Gasteiger partial charge in [0.05, 0.1) is 18.7 Å². The molecule has 5 heteroatoms. The minimum Gasteiger partial charge on any atom is -0.379 e. The lowest BCUT2D eigenvalue weighted by atomic mass is 10.1. The zero-order chi connectivity index (χ0) is 13.2. The van der Waals surface area contributed by atoms with Crippen molar-refractivity contribution in [3.63, 3.8) is 0 Å². The summed E-state index contributed by atoms with van der Waals surface area (Å²) in [5.41, 5.74) is 2.06. The first kappa shape index (κ1) is 12.6. The van der Waals surface area contributed by atoms with E-state index in [1.807, 2.05) is 18.2 Å². The molecule has 1 aromatic carbocycles. The minimum absolute atomic E-state index is 0.247. The van der Waals surface area contributed by atoms with Gasteiger partial charge in [0.2, 0.25) is 0 Å². The van der Waals surface area contributed by atoms with Crippen molar-refractivity contribution >= 4 is 11.0 Å². The number of hydrogen-bond acceptors (Lipinski definition) is 4. The number of benzene rings is 1. The molecule has 0 aliphatic carbocycles. The maximum Gasteiger partial charge on any atom is 0.113 e. The van der Waals surface area contributed by atoms with E-state index in [2.05, 4.69) is 39.8 Å². The SMILES string of the molecule is CC(C)C(N1CCOCC1)n1nnc2ccccc21. The van der Waals surface area contributed by atoms with Crippen LogP contribution in [0.3, 0.4) is 0 Å². The molecule has 102 valence electrons. The quantitative estimate of drug-likeness (QED) is 0.845. The van der Waals surface area contributed by atoms with Crippen LogP contribution in [0.4, 0.5) is 0 Å². The van der Waals surface area contributed by atoms with Crippen LogP contribution in [0.2, 0.25) is 0 Å². The number of nitrogens with zero attached hydrogens (tertiary/aromatic N) is 4. The van der Waals surface area contributed by atoms with Crippen molar-refractivity contribution in [1.29, 1.82) is 0 Å². The van der Waals surface area contributed by atoms with Gasteiger partial charge in [-0.05, 0) is 18.1 Å². The van der Waals surface area contributed by atoms with Crippen LogP contribution in [-0.4, -0.2) is 46.2 Å². The molecule has 0 N–H and O–H groups in total. The maximum absolute atomic E-state index is 5.45. The summed E-state index contributed by atoms with van der Waals surface area (Å²) < 4.78 is 7.51. The summed E-state index contributed by atoms with van der Waals surface area (Å²) in [5, 5.41) is 8.65. The lowest BCUT2D eigenvalue weighted by Gasteiger charge is -2.36. The molecular formula is C14H20N4O. The molecular weight excluding hydrogens is 240 g/mol. The average Bonchev–Trinajstić information content (AvgIpc) is 2.84. The Bertz CT molecular complexity index is 545. The van der Waals surface area contributed by atoms with Crippen LogP contribution in [0.5, 0.6) is 0 Å². The van der Waals surface area contributed by atoms with Crippen LogP contribution in [-0.2, 0) is 4.74 Å². The molecule has 0 radical (unpaired) electrons. The van der Waals surface area contributed by atoms with Gasteiger partial charge >= 0.3 is 0 Å². The van der Waals surface area contributed by atoms with Crippen LogP contribution >= 0.6 is 0 Å². The summed E-state index contributed by atoms with van der Waals surface area (Å²) in [6, 6.07) is 8.14. The Morgan fingerprint density at radius 1 is 1.16 bits per heavy atom. The molecule has 0 amide bonds. The second-order valence-electron chi connectivity index (χ2n) is 5.33. The fourth-order valence-electron chi connectivity index (χ4n) is 2.78. The summed E-state index contributed by atoms with van der Waals surface area (Å²) in [6.45, 7) is 7.98. The van der Waals surface area contributed by atoms with E-state index in [4.69, 9.17) is 4.74 Å². The van der Waals surface area contributed by atoms with Gasteiger partial charge in [-0.3, -0.25) is 4.90 Å². The van der Waals surface area contributed by atoms with Gasteiger partial charge in [0.15, 0.2) is 0 Å². The molecule has 0 bridgehead atoms. The largest absolute Gasteiger partial charge is 0.379 e. The molecule has 3 rings (SSSR count). The van der Waals surface area contributed by atoms with Crippen LogP contribution < -0.4 is 0 Å². The summed E-state index contributed by atoms with van der Waals surface area (Å²) in [7, 11) is 0. The van der Waals surface area contributed by atoms with E-state index in [1.165, 1.54) is 0 Å². The Balaban J connectivity index is 1.99. The first-order chi connectivity index (χ1) is 9.27. The van der Waals surface area contributed by atoms with E-state index in [0.29, 0.717) is 5.92 Å². The number of morpholine rings is 1. The molecule has 5 nitrogen and oxygen atoms in total. The van der Waals surface area contributed by atoms with Gasteiger partial charge in [-0.2, -0.15) is 0 Å². The van der Waals surface area contributed by atoms with E-state index >= 15 is 0 Å². The Labute approximate surface area is 113 Å². The predicted molar refractivity (Wildman–Crippen MR) is 73.8 cm³/mol. The van der Waals surface area contributed by atoms with Gasteiger partial charge in [0.1, 0.15) is 11.7 Å². The van der Waals surface area contributed by atoms with E-state index in [9.17, 15) is 0 Å². The molecule has 1 unspecified atom stereocenters. The monoisotopic (exact) mass is 260 g/mol. The number of para-hydroxylation sites is 1. The van der Waals surface area contributed by atoms with Crippen molar-refractivity contribution < 1.29 is 4.74 Å². The van der Waals surface area contributed by atoms with Crippen LogP contribution in [0.15, 0.2) is 24.3 Å². The Morgan fingerprint density at radius 2 is 1.89 bits per heavy atom. The van der Waals surface area contributed by atoms with Crippen molar-refractivity contribution in [1.82, 2.24) is 19.9 Å². The fourth-order valence-corrected chi connectivity index (χ4v) is 2.78. The lowest BCUT2D eigenvalue weighted by molar-refractivity contribution is -0.0189. The molecule has 1 fully saturated rings. The van der Waals surface area contributed by atoms with Crippen molar-refractivity contribution in [3.8, 4) is 0 Å². The molecule has 1 aromatic heterocycles. The highest BCUT2D eigenvalue weighted by molar-refractivity contribution is 5.73. The van der Waals surface area contributed by atoms with Gasteiger partial charge in [-0.1, -0.05) is 31.2 Å². The van der Waals surface area contributed by atoms with Crippen LogP contribution in [0, 0.1) is 5.92 Å². The van der Waals surface area contributed by atoms with E-state index in [0.717, 1.165) is 37.3 Å². The Hall–Kier alpha value is -1.46. The van der Waals surface area contributed by atoms with Gasteiger partial charge in [-0.15, -0.1) is 5.10 Å². The van der Waals surface area contributed by atoms with Gasteiger partial charge in [-0.25, -0.2) is 4.68 Å². The number of fused-ring (bicyclic) bond motifs is 1. The van der Waals surface area contributed by atoms with Crippen molar-refractivity contribution in [2.45, 2.75) is 20.0 Å². The molecule has 1 aliphatic rings. The fraction of sp³-hybridized carbons (Fsp3) is 0.571. The predicted octanol–water partition coefficient (Wildman–Crippen LogP) is 1.92. The highest BCUT2D eigenvalue weighted by atomic mass is 16.5. The summed E-state index contributed by atoms with van der Waals surface area (Å²) >= 11 is 0. The third kappa shape index (κ3) is 2.35. The van der Waals surface area contributed by atoms with Gasteiger partial charge < -0.3 is 4.74 Å². The number of rotatable bonds is 3. The normalized spacial score (nSPS) is 19.1. The molecule has 2 aromatic rings. The number of ether oxygens (including phenoxy) is 1. The van der Waals surface area contributed by atoms with Crippen LogP contribution in [0.25, 0.3) is 11.0 Å². The van der Waals surface area contributed by atoms with Gasteiger partial charge in [0, 0.05) is 13.1 Å². The van der Waals surface area contributed by atoms with Crippen molar-refractivity contribution in [3.05, 3.63) is 24.3 Å². The highest BCUT2D eigenvalue weighted by Crippen LogP contribution is 2.26. The van der Waals surface area contributed by atoms with E-state index < -0.39 is 0 Å². The maximum atomic E-state index is 5.45. The first-order valence-electron chi connectivity index (χ1n) is 6.89. The summed E-state index contributed by atoms with van der Waals surface area (Å²) in [4.78, 5) is 2.44. The second kappa shape index (κ2) is 5.27. The molecule has 19 heavy (non-hydrogen) atoms.